The number of hydrogen-bond donors (Lipinski definition) is 2. The maximum Gasteiger partial charge on any atom is 0.0680 e. The molecule has 1 heterocycles. The Balaban J connectivity index is 0.000000810. The minimum atomic E-state index is -0.162. The van der Waals surface area contributed by atoms with Crippen molar-refractivity contribution in [2.24, 2.45) is 0 Å². The Morgan fingerprint density at radius 1 is 1.70 bits per heavy atom. The third kappa shape index (κ3) is 2.84. The molecular formula is C6H14ClNO2. The molecule has 2 N–H and O–H groups in total. The molecule has 2 atom stereocenters. The SMILES string of the molecule is COC[C@H]1C[C@@H](O)CN1.Cl. The number of methoxy groups -OCH3 is 1. The van der Waals surface area contributed by atoms with Crippen molar-refractivity contribution in [1.29, 1.82) is 0 Å². The van der Waals surface area contributed by atoms with Crippen molar-refractivity contribution >= 4 is 12.4 Å². The summed E-state index contributed by atoms with van der Waals surface area (Å²) in [5.74, 6) is 0. The summed E-state index contributed by atoms with van der Waals surface area (Å²) < 4.78 is 4.90. The number of ether oxygens (including phenoxy) is 1. The zero-order valence-corrected chi connectivity index (χ0v) is 6.86. The summed E-state index contributed by atoms with van der Waals surface area (Å²) in [7, 11) is 1.67. The molecular weight excluding hydrogens is 154 g/mol. The second-order valence-electron chi connectivity index (χ2n) is 2.45. The Labute approximate surface area is 67.2 Å². The van der Waals surface area contributed by atoms with Gasteiger partial charge in [0.05, 0.1) is 12.7 Å². The zero-order chi connectivity index (χ0) is 6.69. The minimum Gasteiger partial charge on any atom is -0.392 e. The summed E-state index contributed by atoms with van der Waals surface area (Å²) in [4.78, 5) is 0. The fourth-order valence-corrected chi connectivity index (χ4v) is 1.13. The topological polar surface area (TPSA) is 41.5 Å². The van der Waals surface area contributed by atoms with E-state index in [1.54, 1.807) is 7.11 Å². The van der Waals surface area contributed by atoms with Crippen LogP contribution in [0.15, 0.2) is 0 Å². The summed E-state index contributed by atoms with van der Waals surface area (Å²) in [6.45, 7) is 1.42. The van der Waals surface area contributed by atoms with Crippen molar-refractivity contribution in [3.05, 3.63) is 0 Å². The highest BCUT2D eigenvalue weighted by atomic mass is 35.5. The van der Waals surface area contributed by atoms with E-state index in [1.165, 1.54) is 0 Å². The number of aliphatic hydroxyl groups excluding tert-OH is 1. The Morgan fingerprint density at radius 2 is 2.40 bits per heavy atom. The van der Waals surface area contributed by atoms with Gasteiger partial charge in [-0.2, -0.15) is 0 Å². The van der Waals surface area contributed by atoms with Crippen LogP contribution in [0.1, 0.15) is 6.42 Å². The maximum atomic E-state index is 9.01. The van der Waals surface area contributed by atoms with Gasteiger partial charge in [-0.05, 0) is 6.42 Å². The van der Waals surface area contributed by atoms with Crippen LogP contribution in [0.3, 0.4) is 0 Å². The normalized spacial score (nSPS) is 31.8. The molecule has 62 valence electrons. The summed E-state index contributed by atoms with van der Waals surface area (Å²) >= 11 is 0. The van der Waals surface area contributed by atoms with E-state index < -0.39 is 0 Å². The van der Waals surface area contributed by atoms with Crippen molar-refractivity contribution in [1.82, 2.24) is 5.32 Å². The van der Waals surface area contributed by atoms with Gasteiger partial charge in [-0.25, -0.2) is 0 Å². The van der Waals surface area contributed by atoms with Crippen LogP contribution in [0.5, 0.6) is 0 Å². The lowest BCUT2D eigenvalue weighted by Gasteiger charge is -2.06. The van der Waals surface area contributed by atoms with E-state index in [9.17, 15) is 0 Å². The molecule has 0 aromatic carbocycles. The zero-order valence-electron chi connectivity index (χ0n) is 6.04. The molecule has 1 rings (SSSR count). The van der Waals surface area contributed by atoms with E-state index in [2.05, 4.69) is 5.32 Å². The lowest BCUT2D eigenvalue weighted by atomic mass is 10.2. The van der Waals surface area contributed by atoms with Crippen LogP contribution in [0.4, 0.5) is 0 Å². The molecule has 4 heteroatoms. The van der Waals surface area contributed by atoms with Crippen molar-refractivity contribution in [2.45, 2.75) is 18.6 Å². The average molecular weight is 168 g/mol. The predicted molar refractivity (Wildman–Crippen MR) is 41.5 cm³/mol. The third-order valence-electron chi connectivity index (χ3n) is 1.57. The fourth-order valence-electron chi connectivity index (χ4n) is 1.13. The second-order valence-corrected chi connectivity index (χ2v) is 2.45. The van der Waals surface area contributed by atoms with Gasteiger partial charge in [-0.1, -0.05) is 0 Å². The second kappa shape index (κ2) is 4.91. The largest absolute Gasteiger partial charge is 0.392 e. The molecule has 0 spiro atoms. The first kappa shape index (κ1) is 10.2. The van der Waals surface area contributed by atoms with E-state index in [0.717, 1.165) is 6.42 Å². The molecule has 0 unspecified atom stereocenters. The first-order valence-corrected chi connectivity index (χ1v) is 3.23. The first-order valence-electron chi connectivity index (χ1n) is 3.23. The van der Waals surface area contributed by atoms with Crippen LogP contribution < -0.4 is 5.32 Å². The smallest absolute Gasteiger partial charge is 0.0680 e. The Morgan fingerprint density at radius 3 is 2.80 bits per heavy atom. The van der Waals surface area contributed by atoms with Crippen LogP contribution in [0.25, 0.3) is 0 Å². The third-order valence-corrected chi connectivity index (χ3v) is 1.57. The molecule has 0 radical (unpaired) electrons. The van der Waals surface area contributed by atoms with Gasteiger partial charge < -0.3 is 15.2 Å². The van der Waals surface area contributed by atoms with Crippen LogP contribution in [-0.4, -0.2) is 37.5 Å². The highest BCUT2D eigenvalue weighted by Crippen LogP contribution is 2.05. The van der Waals surface area contributed by atoms with Crippen molar-refractivity contribution < 1.29 is 9.84 Å². The molecule has 1 fully saturated rings. The average Bonchev–Trinajstić information content (AvgIpc) is 2.17. The monoisotopic (exact) mass is 167 g/mol. The molecule has 0 aromatic heterocycles. The molecule has 0 aromatic rings. The standard InChI is InChI=1S/C6H13NO2.ClH/c1-9-4-5-2-6(8)3-7-5;/h5-8H,2-4H2,1H3;1H/t5-,6-;/m1./s1. The van der Waals surface area contributed by atoms with Crippen LogP contribution in [-0.2, 0) is 4.74 Å². The molecule has 1 aliphatic heterocycles. The van der Waals surface area contributed by atoms with Gasteiger partial charge in [0.1, 0.15) is 0 Å². The van der Waals surface area contributed by atoms with E-state index in [1.807, 2.05) is 0 Å². The number of nitrogens with one attached hydrogen (secondary N) is 1. The number of halogens is 1. The van der Waals surface area contributed by atoms with Crippen LogP contribution in [0.2, 0.25) is 0 Å². The summed E-state index contributed by atoms with van der Waals surface area (Å²) in [5, 5.41) is 12.1. The number of hydrogen-bond acceptors (Lipinski definition) is 3. The van der Waals surface area contributed by atoms with E-state index in [4.69, 9.17) is 9.84 Å². The summed E-state index contributed by atoms with van der Waals surface area (Å²) in [5.41, 5.74) is 0. The molecule has 0 amide bonds. The minimum absolute atomic E-state index is 0. The molecule has 3 nitrogen and oxygen atoms in total. The van der Waals surface area contributed by atoms with Crippen molar-refractivity contribution in [3.63, 3.8) is 0 Å². The van der Waals surface area contributed by atoms with Crippen molar-refractivity contribution in [2.75, 3.05) is 20.3 Å². The molecule has 1 saturated heterocycles. The molecule has 0 aliphatic carbocycles. The first-order chi connectivity index (χ1) is 4.33. The van der Waals surface area contributed by atoms with E-state index in [-0.39, 0.29) is 18.5 Å². The fraction of sp³-hybridized carbons (Fsp3) is 1.00. The Kier molecular flexibility index (Phi) is 4.99. The lowest BCUT2D eigenvalue weighted by molar-refractivity contribution is 0.157. The number of rotatable bonds is 2. The van der Waals surface area contributed by atoms with Gasteiger partial charge in [-0.3, -0.25) is 0 Å². The molecule has 0 bridgehead atoms. The van der Waals surface area contributed by atoms with Gasteiger partial charge in [0.2, 0.25) is 0 Å². The summed E-state index contributed by atoms with van der Waals surface area (Å²) in [6.07, 6.45) is 0.665. The lowest BCUT2D eigenvalue weighted by Crippen LogP contribution is -2.25. The summed E-state index contributed by atoms with van der Waals surface area (Å²) in [6, 6.07) is 0.366. The predicted octanol–water partition coefficient (Wildman–Crippen LogP) is -0.223. The maximum absolute atomic E-state index is 9.01. The van der Waals surface area contributed by atoms with Gasteiger partial charge in [0.15, 0.2) is 0 Å². The molecule has 0 saturated carbocycles. The van der Waals surface area contributed by atoms with Crippen LogP contribution in [0, 0.1) is 0 Å². The molecule has 10 heavy (non-hydrogen) atoms. The van der Waals surface area contributed by atoms with Gasteiger partial charge in [0, 0.05) is 19.7 Å². The highest BCUT2D eigenvalue weighted by molar-refractivity contribution is 5.85. The van der Waals surface area contributed by atoms with Gasteiger partial charge >= 0.3 is 0 Å². The number of β-amino-alcohol motifs (C(OH)–C–C–N with tert-alkyl or cyclic N) is 1. The van der Waals surface area contributed by atoms with Gasteiger partial charge in [0.25, 0.3) is 0 Å². The van der Waals surface area contributed by atoms with E-state index in [0.29, 0.717) is 19.2 Å². The number of aliphatic hydroxyl groups is 1. The van der Waals surface area contributed by atoms with E-state index >= 15 is 0 Å². The Hall–Kier alpha value is 0.170. The quantitative estimate of drug-likeness (QED) is 0.598. The highest BCUT2D eigenvalue weighted by Gasteiger charge is 2.20. The molecule has 1 aliphatic rings. The van der Waals surface area contributed by atoms with Crippen molar-refractivity contribution in [3.8, 4) is 0 Å². The van der Waals surface area contributed by atoms with Gasteiger partial charge in [-0.15, -0.1) is 12.4 Å². The van der Waals surface area contributed by atoms with Crippen LogP contribution >= 0.6 is 12.4 Å². The Bertz CT molecular complexity index is 89.8.